The predicted octanol–water partition coefficient (Wildman–Crippen LogP) is 8.48. The molecule has 11 aromatic rings. The monoisotopic (exact) mass is 1280 g/mol. The first-order valence-corrected chi connectivity index (χ1v) is 31.2. The summed E-state index contributed by atoms with van der Waals surface area (Å²) < 4.78 is 0. The van der Waals surface area contributed by atoms with Gasteiger partial charge in [-0.3, -0.25) is 29.4 Å². The number of aliphatic hydroxyl groups excluding tert-OH is 2. The number of nitrogens with zero attached hydrogens (tertiary/aromatic N) is 3. The van der Waals surface area contributed by atoms with E-state index in [9.17, 15) is 29.4 Å². The van der Waals surface area contributed by atoms with E-state index in [1.807, 2.05) is 182 Å². The third-order valence-electron chi connectivity index (χ3n) is 16.7. The molecule has 96 heavy (non-hydrogen) atoms. The maximum atomic E-state index is 14.8. The first-order valence-electron chi connectivity index (χ1n) is 31.2. The van der Waals surface area contributed by atoms with Gasteiger partial charge in [0, 0.05) is 114 Å². The molecule has 3 heterocycles. The summed E-state index contributed by atoms with van der Waals surface area (Å²) in [5, 5.41) is 64.6. The smallest absolute Gasteiger partial charge is 0.357 e. The second-order valence-corrected chi connectivity index (χ2v) is 22.9. The Bertz CT molecular complexity index is 4780. The van der Waals surface area contributed by atoms with Crippen molar-refractivity contribution in [3.63, 3.8) is 0 Å². The molecule has 0 bridgehead atoms. The number of aromatic nitrogens is 6. The van der Waals surface area contributed by atoms with Crippen LogP contribution < -0.4 is 63.1 Å². The van der Waals surface area contributed by atoms with E-state index >= 15 is 0 Å². The van der Waals surface area contributed by atoms with Crippen LogP contribution in [0.25, 0.3) is 17.3 Å². The van der Waals surface area contributed by atoms with Crippen LogP contribution in [0.1, 0.15) is 112 Å². The molecule has 1 aliphatic carbocycles. The summed E-state index contributed by atoms with van der Waals surface area (Å²) in [5.41, 5.74) is 19.4. The highest BCUT2D eigenvalue weighted by Gasteiger charge is 2.35. The summed E-state index contributed by atoms with van der Waals surface area (Å²) in [4.78, 5) is 62.2. The number of para-hydroxylation sites is 3. The van der Waals surface area contributed by atoms with Gasteiger partial charge in [0.1, 0.15) is 17.1 Å². The fraction of sp³-hybridized carbons (Fsp3) is 0.133. The van der Waals surface area contributed by atoms with Crippen LogP contribution in [-0.2, 0) is 30.8 Å². The largest absolute Gasteiger partial charge is 0.398 e. The van der Waals surface area contributed by atoms with E-state index in [2.05, 4.69) is 62.7 Å². The highest BCUT2D eigenvalue weighted by Crippen LogP contribution is 2.36. The van der Waals surface area contributed by atoms with Crippen LogP contribution in [0.3, 0.4) is 0 Å². The fourth-order valence-corrected chi connectivity index (χ4v) is 11.8. The Morgan fingerprint density at radius 1 is 0.552 bits per heavy atom. The fourth-order valence-electron chi connectivity index (χ4n) is 11.8. The van der Waals surface area contributed by atoms with E-state index in [0.717, 1.165) is 32.7 Å². The summed E-state index contributed by atoms with van der Waals surface area (Å²) in [6.07, 6.45) is 4.76. The number of aromatic amines is 3. The van der Waals surface area contributed by atoms with E-state index < -0.39 is 30.1 Å². The Morgan fingerprint density at radius 2 is 1.10 bits per heavy atom. The standard InChI is InChI=1S/C75H70N14O7/c1-77-65(90)37-46-18-17-24-56(36-46)86-75(95)69-54(42-81-62-29-14-11-26-58(62)70(91)48-19-5-3-6-20-48)45-84-89(69)96-72(49-21-7-4-8-22-49)60-28-13-16-31-64(60)80-41-53-44-83-88-68(53)74(94)85-55-34-32-47(33-35-55)66(76)51-38-50-23-9-10-25-57(50)61(39-51)71(92)59-27-12-15-30-63(59)79-40-52-43-82-87-67(52)73(93)78-2/h3-36,38,43-45,70-72,79-81,91-92H,37,39-42,76H2,1-2H3,(H6,77,78,82,83,85,86,87,88,90,93,94,95)/p+1. The Labute approximate surface area is 552 Å². The van der Waals surface area contributed by atoms with Gasteiger partial charge in [0.15, 0.2) is 11.4 Å². The molecule has 0 saturated carbocycles. The molecule has 21 nitrogen and oxygen atoms in total. The van der Waals surface area contributed by atoms with Crippen molar-refractivity contribution in [1.82, 2.24) is 36.1 Å². The number of nitrogens with two attached hydrogens (primary N) is 1. The number of hydrogen-bond donors (Lipinski definition) is 13. The Hall–Kier alpha value is -12.3. The van der Waals surface area contributed by atoms with Crippen LogP contribution in [0.2, 0.25) is 0 Å². The lowest BCUT2D eigenvalue weighted by molar-refractivity contribution is -0.940. The number of hydrogen-bond acceptors (Lipinski definition) is 13. The van der Waals surface area contributed by atoms with Gasteiger partial charge in [-0.05, 0) is 93.2 Å². The molecule has 3 atom stereocenters. The van der Waals surface area contributed by atoms with Gasteiger partial charge < -0.3 is 53.2 Å². The summed E-state index contributed by atoms with van der Waals surface area (Å²) in [5.74, 6) is -1.44. The van der Waals surface area contributed by atoms with Crippen LogP contribution in [-0.4, -0.2) is 73.4 Å². The van der Waals surface area contributed by atoms with E-state index in [0.29, 0.717) is 85.1 Å². The first kappa shape index (κ1) is 63.8. The first-order chi connectivity index (χ1) is 46.9. The molecule has 0 radical (unpaired) electrons. The number of likely N-dealkylation sites (N-methyl/N-ethyl adjacent to an activating group) is 1. The van der Waals surface area contributed by atoms with Gasteiger partial charge in [-0.15, -0.1) is 5.10 Å². The number of anilines is 5. The summed E-state index contributed by atoms with van der Waals surface area (Å²) in [6, 6.07) is 63.8. The van der Waals surface area contributed by atoms with Crippen molar-refractivity contribution >= 4 is 69.4 Å². The second kappa shape index (κ2) is 29.5. The molecule has 21 heteroatoms. The molecule has 482 valence electrons. The van der Waals surface area contributed by atoms with Crippen molar-refractivity contribution in [1.29, 1.82) is 0 Å². The zero-order valence-corrected chi connectivity index (χ0v) is 52.6. The van der Waals surface area contributed by atoms with Gasteiger partial charge >= 0.3 is 11.6 Å². The lowest BCUT2D eigenvalue weighted by Crippen LogP contribution is -2.51. The highest BCUT2D eigenvalue weighted by molar-refractivity contribution is 6.04. The number of carbonyl (C=O) groups excluding carboxylic acids is 4. The Morgan fingerprint density at radius 3 is 1.75 bits per heavy atom. The van der Waals surface area contributed by atoms with Crippen LogP contribution in [0.15, 0.2) is 230 Å². The van der Waals surface area contributed by atoms with Crippen LogP contribution >= 0.6 is 0 Å². The lowest BCUT2D eigenvalue weighted by atomic mass is 9.87. The summed E-state index contributed by atoms with van der Waals surface area (Å²) in [6.45, 7) is 0.587. The maximum absolute atomic E-state index is 14.8. The van der Waals surface area contributed by atoms with Crippen molar-refractivity contribution in [3.8, 4) is 0 Å². The molecule has 0 fully saturated rings. The number of allylic oxidation sites excluding steroid dienone is 1. The number of amides is 4. The number of carbonyl (C=O) groups is 4. The molecule has 8 aromatic carbocycles. The molecule has 0 saturated heterocycles. The van der Waals surface area contributed by atoms with E-state index in [4.69, 9.17) is 10.6 Å². The number of rotatable bonds is 25. The minimum absolute atomic E-state index is 0.118. The van der Waals surface area contributed by atoms with Crippen LogP contribution in [0.4, 0.5) is 28.4 Å². The number of H-pyrrole nitrogens is 3. The van der Waals surface area contributed by atoms with Gasteiger partial charge in [-0.1, -0.05) is 164 Å². The van der Waals surface area contributed by atoms with E-state index in [-0.39, 0.29) is 55.0 Å². The zero-order valence-electron chi connectivity index (χ0n) is 52.6. The Kier molecular flexibility index (Phi) is 19.6. The summed E-state index contributed by atoms with van der Waals surface area (Å²) in [7, 11) is 3.12. The minimum Gasteiger partial charge on any atom is -0.398 e. The average molecular weight is 1280 g/mol. The Balaban J connectivity index is 0.760. The SMILES string of the molecule is CNC(=O)Cc1cccc(NC(=O)c2c(CNc3ccccc3C(O)c3ccccc3)c[nH][n+]2OC(c2ccccc2)c2ccccc2NCc2c[nH]nc2C(=O)Nc2ccc(C(N)=C3C=c4ccccc4=C(C(O)c4ccccc4NCc4c[nH]nc4C(=O)NC)C3)cc2)c1. The van der Waals surface area contributed by atoms with Gasteiger partial charge in [-0.2, -0.15) is 10.2 Å². The molecular weight excluding hydrogens is 1210 g/mol. The highest BCUT2D eigenvalue weighted by atomic mass is 16.7. The number of fused-ring (bicyclic) bond motifs is 1. The molecular formula is C75H71N14O7+. The quantitative estimate of drug-likeness (QED) is 0.0239. The van der Waals surface area contributed by atoms with Crippen LogP contribution in [0, 0.1) is 0 Å². The topological polar surface area (TPSA) is 305 Å². The van der Waals surface area contributed by atoms with E-state index in [1.165, 1.54) is 4.85 Å². The van der Waals surface area contributed by atoms with Crippen molar-refractivity contribution in [2.45, 2.75) is 50.8 Å². The van der Waals surface area contributed by atoms with Gasteiger partial charge in [0.2, 0.25) is 12.0 Å². The normalized spacial score (nSPS) is 13.2. The van der Waals surface area contributed by atoms with Crippen molar-refractivity contribution in [2.75, 3.05) is 40.7 Å². The summed E-state index contributed by atoms with van der Waals surface area (Å²) >= 11 is 0. The van der Waals surface area contributed by atoms with Gasteiger partial charge in [-0.25, -0.2) is 4.84 Å². The van der Waals surface area contributed by atoms with Crippen LogP contribution in [0.5, 0.6) is 0 Å². The average Bonchev–Trinajstić information content (AvgIpc) is 0.932. The zero-order chi connectivity index (χ0) is 66.5. The lowest BCUT2D eigenvalue weighted by Gasteiger charge is -2.23. The number of aliphatic hydroxyl groups is 2. The minimum atomic E-state index is -1.02. The van der Waals surface area contributed by atoms with Crippen molar-refractivity contribution < 1.29 is 39.1 Å². The molecule has 12 rings (SSSR count). The predicted molar refractivity (Wildman–Crippen MR) is 369 cm³/mol. The van der Waals surface area contributed by atoms with E-state index in [1.54, 1.807) is 63.0 Å². The molecule has 3 unspecified atom stereocenters. The molecule has 1 aliphatic rings. The number of benzene rings is 8. The van der Waals surface area contributed by atoms with Crippen molar-refractivity contribution in [2.24, 2.45) is 5.73 Å². The molecule has 4 amide bonds. The van der Waals surface area contributed by atoms with Gasteiger partial charge in [0.25, 0.3) is 11.8 Å². The second-order valence-electron chi connectivity index (χ2n) is 22.9. The third kappa shape index (κ3) is 14.5. The maximum Gasteiger partial charge on any atom is 0.357 e. The molecule has 14 N–H and O–H groups in total. The van der Waals surface area contributed by atoms with Gasteiger partial charge in [0.05, 0.1) is 18.2 Å². The van der Waals surface area contributed by atoms with Crippen molar-refractivity contribution in [3.05, 3.63) is 314 Å². The third-order valence-corrected chi connectivity index (χ3v) is 16.7. The molecule has 3 aromatic heterocycles. The molecule has 0 aliphatic heterocycles. The molecule has 0 spiro atoms. The number of nitrogens with one attached hydrogen (secondary N) is 10.